The fourth-order valence-corrected chi connectivity index (χ4v) is 3.34. The van der Waals surface area contributed by atoms with Gasteiger partial charge in [0.25, 0.3) is 5.91 Å². The fraction of sp³-hybridized carbons (Fsp3) is 0.278. The lowest BCUT2D eigenvalue weighted by molar-refractivity contribution is 0.0583. The number of amides is 1. The molecule has 3 heterocycles. The van der Waals surface area contributed by atoms with Crippen LogP contribution in [0.15, 0.2) is 48.9 Å². The van der Waals surface area contributed by atoms with Crippen LogP contribution < -0.4 is 0 Å². The number of rotatable bonds is 2. The van der Waals surface area contributed by atoms with E-state index >= 15 is 0 Å². The maximum absolute atomic E-state index is 13.2. The van der Waals surface area contributed by atoms with Crippen LogP contribution in [0.3, 0.4) is 0 Å². The Labute approximate surface area is 140 Å². The molecule has 0 N–H and O–H groups in total. The van der Waals surface area contributed by atoms with Crippen molar-refractivity contribution in [3.63, 3.8) is 0 Å². The molecule has 3 aromatic rings. The Bertz CT molecular complexity index is 880. The van der Waals surface area contributed by atoms with Gasteiger partial charge in [0, 0.05) is 32.2 Å². The quantitative estimate of drug-likeness (QED) is 0.728. The largest absolute Gasteiger partial charge is 0.331 e. The topological polar surface area (TPSA) is 56.0 Å². The van der Waals surface area contributed by atoms with E-state index in [0.717, 1.165) is 17.1 Å². The van der Waals surface area contributed by atoms with E-state index in [4.69, 9.17) is 0 Å². The van der Waals surface area contributed by atoms with Gasteiger partial charge < -0.3 is 9.47 Å². The minimum atomic E-state index is -0.0139. The molecule has 1 atom stereocenters. The number of hydrogen-bond donors (Lipinski definition) is 0. The predicted octanol–water partition coefficient (Wildman–Crippen LogP) is 2.32. The van der Waals surface area contributed by atoms with E-state index in [-0.39, 0.29) is 11.9 Å². The smallest absolute Gasteiger partial charge is 0.258 e. The van der Waals surface area contributed by atoms with Crippen LogP contribution in [0, 0.1) is 6.92 Å². The van der Waals surface area contributed by atoms with Gasteiger partial charge in [-0.05, 0) is 12.5 Å². The molecule has 1 amide bonds. The highest BCUT2D eigenvalue weighted by Crippen LogP contribution is 2.30. The van der Waals surface area contributed by atoms with Gasteiger partial charge in [-0.2, -0.15) is 5.10 Å². The van der Waals surface area contributed by atoms with Crippen LogP contribution in [-0.4, -0.2) is 30.1 Å². The molecule has 2 aromatic heterocycles. The maximum atomic E-state index is 13.2. The molecule has 0 radical (unpaired) electrons. The number of carbonyl (C=O) groups excluding carboxylic acids is 1. The summed E-state index contributed by atoms with van der Waals surface area (Å²) in [4.78, 5) is 19.5. The van der Waals surface area contributed by atoms with Crippen molar-refractivity contribution < 1.29 is 4.79 Å². The van der Waals surface area contributed by atoms with Gasteiger partial charge in [0.2, 0.25) is 0 Å². The summed E-state index contributed by atoms with van der Waals surface area (Å²) in [6.07, 6.45) is 5.56. The van der Waals surface area contributed by atoms with Crippen LogP contribution in [-0.2, 0) is 20.1 Å². The molecular formula is C18H19N5O. The number of aromatic nitrogens is 4. The molecule has 6 heteroatoms. The summed E-state index contributed by atoms with van der Waals surface area (Å²) in [5.74, 6) is 0.917. The van der Waals surface area contributed by atoms with E-state index in [1.165, 1.54) is 0 Å². The van der Waals surface area contributed by atoms with Gasteiger partial charge in [0.05, 0.1) is 23.8 Å². The van der Waals surface area contributed by atoms with Crippen molar-refractivity contribution >= 4 is 5.91 Å². The van der Waals surface area contributed by atoms with Crippen LogP contribution in [0.5, 0.6) is 0 Å². The first kappa shape index (κ1) is 14.7. The standard InChI is InChI=1S/C18H19N5O/c1-13-15(10-21(2)20-13)18(24)23-12-17-19-8-9-22(17)11-16(23)14-6-4-3-5-7-14/h3-10,16H,11-12H2,1-2H3. The molecule has 122 valence electrons. The highest BCUT2D eigenvalue weighted by molar-refractivity contribution is 5.95. The van der Waals surface area contributed by atoms with Crippen molar-refractivity contribution in [3.05, 3.63) is 71.6 Å². The summed E-state index contributed by atoms with van der Waals surface area (Å²) in [5, 5.41) is 4.31. The average Bonchev–Trinajstić information content (AvgIpc) is 3.19. The lowest BCUT2D eigenvalue weighted by atomic mass is 10.0. The molecule has 1 aliphatic rings. The molecule has 24 heavy (non-hydrogen) atoms. The average molecular weight is 321 g/mol. The first-order valence-electron chi connectivity index (χ1n) is 7.99. The normalized spacial score (nSPS) is 16.9. The molecule has 0 bridgehead atoms. The molecule has 0 saturated carbocycles. The Kier molecular flexibility index (Phi) is 3.45. The number of aryl methyl sites for hydroxylation is 2. The Morgan fingerprint density at radius 1 is 1.25 bits per heavy atom. The summed E-state index contributed by atoms with van der Waals surface area (Å²) < 4.78 is 3.81. The second-order valence-corrected chi connectivity index (χ2v) is 6.16. The number of fused-ring (bicyclic) bond motifs is 1. The SMILES string of the molecule is Cc1nn(C)cc1C(=O)N1Cc2nccn2CC1c1ccccc1. The third kappa shape index (κ3) is 2.40. The van der Waals surface area contributed by atoms with Crippen LogP contribution in [0.2, 0.25) is 0 Å². The van der Waals surface area contributed by atoms with Gasteiger partial charge >= 0.3 is 0 Å². The number of nitrogens with zero attached hydrogens (tertiary/aromatic N) is 5. The lowest BCUT2D eigenvalue weighted by Crippen LogP contribution is -2.41. The Morgan fingerprint density at radius 3 is 2.75 bits per heavy atom. The molecule has 0 saturated heterocycles. The third-order valence-electron chi connectivity index (χ3n) is 4.55. The highest BCUT2D eigenvalue weighted by atomic mass is 16.2. The fourth-order valence-electron chi connectivity index (χ4n) is 3.34. The minimum Gasteiger partial charge on any atom is -0.331 e. The number of carbonyl (C=O) groups is 1. The van der Waals surface area contributed by atoms with Gasteiger partial charge in [0.15, 0.2) is 0 Å². The number of benzene rings is 1. The van der Waals surface area contributed by atoms with E-state index in [0.29, 0.717) is 18.7 Å². The molecule has 1 aliphatic heterocycles. The summed E-state index contributed by atoms with van der Waals surface area (Å²) in [6.45, 7) is 3.08. The maximum Gasteiger partial charge on any atom is 0.258 e. The van der Waals surface area contributed by atoms with Crippen LogP contribution in [0.1, 0.15) is 33.5 Å². The van der Waals surface area contributed by atoms with Crippen molar-refractivity contribution in [3.8, 4) is 0 Å². The van der Waals surface area contributed by atoms with Crippen molar-refractivity contribution in [2.24, 2.45) is 7.05 Å². The van der Waals surface area contributed by atoms with Gasteiger partial charge in [-0.15, -0.1) is 0 Å². The van der Waals surface area contributed by atoms with Gasteiger partial charge in [-0.3, -0.25) is 9.48 Å². The zero-order valence-electron chi connectivity index (χ0n) is 13.8. The molecule has 6 nitrogen and oxygen atoms in total. The second kappa shape index (κ2) is 5.63. The van der Waals surface area contributed by atoms with Crippen molar-refractivity contribution in [1.82, 2.24) is 24.2 Å². The van der Waals surface area contributed by atoms with Crippen LogP contribution >= 0.6 is 0 Å². The number of hydrogen-bond acceptors (Lipinski definition) is 3. The van der Waals surface area contributed by atoms with Crippen molar-refractivity contribution in [2.75, 3.05) is 0 Å². The summed E-state index contributed by atoms with van der Waals surface area (Å²) in [6, 6.07) is 10.1. The minimum absolute atomic E-state index is 0.00343. The predicted molar refractivity (Wildman–Crippen MR) is 89.2 cm³/mol. The molecule has 1 unspecified atom stereocenters. The van der Waals surface area contributed by atoms with E-state index in [2.05, 4.69) is 26.8 Å². The summed E-state index contributed by atoms with van der Waals surface area (Å²) in [5.41, 5.74) is 2.54. The molecule has 1 aromatic carbocycles. The molecule has 0 fully saturated rings. The Balaban J connectivity index is 1.75. The molecule has 0 spiro atoms. The van der Waals surface area contributed by atoms with Crippen LogP contribution in [0.4, 0.5) is 0 Å². The Hall–Kier alpha value is -2.89. The highest BCUT2D eigenvalue weighted by Gasteiger charge is 2.33. The van der Waals surface area contributed by atoms with E-state index < -0.39 is 0 Å². The first-order chi connectivity index (χ1) is 11.6. The lowest BCUT2D eigenvalue weighted by Gasteiger charge is -2.36. The zero-order valence-corrected chi connectivity index (χ0v) is 13.8. The van der Waals surface area contributed by atoms with Gasteiger partial charge in [-0.1, -0.05) is 30.3 Å². The van der Waals surface area contributed by atoms with Crippen molar-refractivity contribution in [2.45, 2.75) is 26.1 Å². The zero-order chi connectivity index (χ0) is 16.7. The van der Waals surface area contributed by atoms with E-state index in [1.54, 1.807) is 17.1 Å². The monoisotopic (exact) mass is 321 g/mol. The van der Waals surface area contributed by atoms with Gasteiger partial charge in [-0.25, -0.2) is 4.98 Å². The summed E-state index contributed by atoms with van der Waals surface area (Å²) in [7, 11) is 1.83. The summed E-state index contributed by atoms with van der Waals surface area (Å²) >= 11 is 0. The van der Waals surface area contributed by atoms with E-state index in [9.17, 15) is 4.79 Å². The third-order valence-corrected chi connectivity index (χ3v) is 4.55. The second-order valence-electron chi connectivity index (χ2n) is 6.16. The van der Waals surface area contributed by atoms with Crippen molar-refractivity contribution in [1.29, 1.82) is 0 Å². The first-order valence-corrected chi connectivity index (χ1v) is 7.99. The molecule has 0 aliphatic carbocycles. The van der Waals surface area contributed by atoms with Crippen LogP contribution in [0.25, 0.3) is 0 Å². The van der Waals surface area contributed by atoms with E-state index in [1.807, 2.05) is 43.3 Å². The molecule has 4 rings (SSSR count). The van der Waals surface area contributed by atoms with Gasteiger partial charge in [0.1, 0.15) is 5.82 Å². The Morgan fingerprint density at radius 2 is 2.04 bits per heavy atom. The molecular weight excluding hydrogens is 302 g/mol. The number of imidazole rings is 1.